The molecule has 5 heteroatoms. The fourth-order valence-electron chi connectivity index (χ4n) is 4.28. The van der Waals surface area contributed by atoms with E-state index in [4.69, 9.17) is 4.98 Å². The molecule has 1 saturated heterocycles. The van der Waals surface area contributed by atoms with Crippen molar-refractivity contribution in [3.8, 4) is 28.1 Å². The van der Waals surface area contributed by atoms with Crippen molar-refractivity contribution in [1.29, 1.82) is 0 Å². The normalized spacial score (nSPS) is 15.9. The summed E-state index contributed by atoms with van der Waals surface area (Å²) in [6, 6.07) is 19.4. The first kappa shape index (κ1) is 21.9. The zero-order valence-corrected chi connectivity index (χ0v) is 19.0. The van der Waals surface area contributed by atoms with Crippen LogP contribution in [0.4, 0.5) is 5.82 Å². The van der Waals surface area contributed by atoms with Gasteiger partial charge in [0.1, 0.15) is 17.6 Å². The number of rotatable bonds is 6. The molecular weight excluding hydrogens is 398 g/mol. The average molecular weight is 430 g/mol. The van der Waals surface area contributed by atoms with E-state index in [1.165, 1.54) is 5.56 Å². The number of amides is 1. The van der Waals surface area contributed by atoms with Crippen LogP contribution in [0.2, 0.25) is 0 Å². The number of hydrogen-bond donors (Lipinski definition) is 2. The molecule has 0 saturated carbocycles. The lowest BCUT2D eigenvalue weighted by Gasteiger charge is -2.26. The van der Waals surface area contributed by atoms with E-state index in [1.54, 1.807) is 12.1 Å². The van der Waals surface area contributed by atoms with Gasteiger partial charge in [-0.15, -0.1) is 0 Å². The summed E-state index contributed by atoms with van der Waals surface area (Å²) in [5.41, 5.74) is 4.70. The zero-order valence-electron chi connectivity index (χ0n) is 19.0. The molecule has 3 aromatic rings. The summed E-state index contributed by atoms with van der Waals surface area (Å²) in [6.07, 6.45) is 1.76. The number of carbonyl (C=O) groups is 1. The van der Waals surface area contributed by atoms with Gasteiger partial charge >= 0.3 is 0 Å². The van der Waals surface area contributed by atoms with Gasteiger partial charge in [-0.1, -0.05) is 50.2 Å². The highest BCUT2D eigenvalue weighted by Crippen LogP contribution is 2.36. The highest BCUT2D eigenvalue weighted by molar-refractivity contribution is 5.86. The molecule has 1 aliphatic heterocycles. The molecule has 1 aromatic heterocycles. The van der Waals surface area contributed by atoms with Gasteiger partial charge in [0.15, 0.2) is 0 Å². The number of aryl methyl sites for hydroxylation is 1. The maximum absolute atomic E-state index is 12.9. The Morgan fingerprint density at radius 1 is 1.12 bits per heavy atom. The maximum Gasteiger partial charge on any atom is 0.242 e. The van der Waals surface area contributed by atoms with Crippen molar-refractivity contribution in [2.75, 3.05) is 18.0 Å². The van der Waals surface area contributed by atoms with Crippen LogP contribution in [-0.4, -0.2) is 35.1 Å². The minimum atomic E-state index is -0.231. The molecule has 32 heavy (non-hydrogen) atoms. The Bertz CT molecular complexity index is 1050. The molecule has 1 amide bonds. The van der Waals surface area contributed by atoms with Crippen molar-refractivity contribution >= 4 is 11.7 Å². The highest BCUT2D eigenvalue weighted by atomic mass is 16.3. The largest absolute Gasteiger partial charge is 0.507 e. The van der Waals surface area contributed by atoms with E-state index in [0.717, 1.165) is 36.3 Å². The van der Waals surface area contributed by atoms with Gasteiger partial charge in [-0.05, 0) is 66.6 Å². The number of nitrogens with zero attached hydrogens (tertiary/aromatic N) is 2. The molecule has 0 spiro atoms. The Balaban J connectivity index is 1.78. The van der Waals surface area contributed by atoms with Crippen LogP contribution in [-0.2, 0) is 4.79 Å². The van der Waals surface area contributed by atoms with Crippen LogP contribution in [0.15, 0.2) is 60.7 Å². The summed E-state index contributed by atoms with van der Waals surface area (Å²) in [7, 11) is 0. The second-order valence-electron chi connectivity index (χ2n) is 8.92. The van der Waals surface area contributed by atoms with E-state index < -0.39 is 0 Å². The third-order valence-electron chi connectivity index (χ3n) is 5.98. The van der Waals surface area contributed by atoms with Crippen LogP contribution in [0, 0.1) is 12.8 Å². The standard InChI is InChI=1S/C27H31N3O2/c1-18(2)17-28-27(32)24-12-8-14-30(24)26-16-20(21-10-5-4-9-19(21)3)15-23(29-26)22-11-6-7-13-25(22)31/h4-7,9-11,13,15-16,18,24,31H,8,12,14,17H2,1-3H3,(H,28,32)/t24-/m0/s1. The summed E-state index contributed by atoms with van der Waals surface area (Å²) >= 11 is 0. The minimum Gasteiger partial charge on any atom is -0.507 e. The molecule has 0 unspecified atom stereocenters. The number of anilines is 1. The van der Waals surface area contributed by atoms with Gasteiger partial charge in [-0.3, -0.25) is 4.79 Å². The lowest BCUT2D eigenvalue weighted by molar-refractivity contribution is -0.122. The topological polar surface area (TPSA) is 65.5 Å². The van der Waals surface area contributed by atoms with Crippen LogP contribution in [0.3, 0.4) is 0 Å². The van der Waals surface area contributed by atoms with Crippen LogP contribution in [0.1, 0.15) is 32.3 Å². The molecule has 1 fully saturated rings. The van der Waals surface area contributed by atoms with Gasteiger partial charge in [0.25, 0.3) is 0 Å². The molecule has 2 N–H and O–H groups in total. The molecule has 0 aliphatic carbocycles. The Kier molecular flexibility index (Phi) is 6.45. The molecule has 4 rings (SSSR count). The van der Waals surface area contributed by atoms with Gasteiger partial charge in [0.2, 0.25) is 5.91 Å². The van der Waals surface area contributed by atoms with E-state index >= 15 is 0 Å². The first-order valence-corrected chi connectivity index (χ1v) is 11.3. The number of phenolic OH excluding ortho intramolecular Hbond substituents is 1. The van der Waals surface area contributed by atoms with Crippen LogP contribution < -0.4 is 10.2 Å². The molecule has 0 radical (unpaired) electrons. The lowest BCUT2D eigenvalue weighted by Crippen LogP contribution is -2.44. The number of pyridine rings is 1. The molecule has 1 aliphatic rings. The van der Waals surface area contributed by atoms with E-state index in [0.29, 0.717) is 23.7 Å². The Hall–Kier alpha value is -3.34. The average Bonchev–Trinajstić information content (AvgIpc) is 3.28. The van der Waals surface area contributed by atoms with Gasteiger partial charge in [0, 0.05) is 18.7 Å². The molecule has 166 valence electrons. The molecule has 0 bridgehead atoms. The van der Waals surface area contributed by atoms with Gasteiger partial charge in [-0.25, -0.2) is 4.98 Å². The predicted molar refractivity (Wildman–Crippen MR) is 130 cm³/mol. The SMILES string of the molecule is Cc1ccccc1-c1cc(-c2ccccc2O)nc(N2CCC[C@H]2C(=O)NCC(C)C)c1. The number of para-hydroxylation sites is 1. The number of carbonyl (C=O) groups excluding carboxylic acids is 1. The van der Waals surface area contributed by atoms with Crippen molar-refractivity contribution in [1.82, 2.24) is 10.3 Å². The summed E-state index contributed by atoms with van der Waals surface area (Å²) < 4.78 is 0. The van der Waals surface area contributed by atoms with E-state index in [2.05, 4.69) is 49.2 Å². The fraction of sp³-hybridized carbons (Fsp3) is 0.333. The summed E-state index contributed by atoms with van der Waals surface area (Å²) in [4.78, 5) is 20.0. The van der Waals surface area contributed by atoms with Gasteiger partial charge < -0.3 is 15.3 Å². The molecular formula is C27H31N3O2. The molecule has 2 heterocycles. The quantitative estimate of drug-likeness (QED) is 0.567. The summed E-state index contributed by atoms with van der Waals surface area (Å²) in [6.45, 7) is 7.73. The number of nitrogens with one attached hydrogen (secondary N) is 1. The van der Waals surface area contributed by atoms with Crippen LogP contribution in [0.5, 0.6) is 5.75 Å². The highest BCUT2D eigenvalue weighted by Gasteiger charge is 2.32. The number of hydrogen-bond acceptors (Lipinski definition) is 4. The van der Waals surface area contributed by atoms with Crippen molar-refractivity contribution in [2.45, 2.75) is 39.7 Å². The first-order valence-electron chi connectivity index (χ1n) is 11.3. The first-order chi connectivity index (χ1) is 15.4. The predicted octanol–water partition coefficient (Wildman–Crippen LogP) is 5.17. The monoisotopic (exact) mass is 429 g/mol. The summed E-state index contributed by atoms with van der Waals surface area (Å²) in [5, 5.41) is 13.6. The molecule has 5 nitrogen and oxygen atoms in total. The Labute approximate surface area is 190 Å². The zero-order chi connectivity index (χ0) is 22.7. The Morgan fingerprint density at radius 2 is 1.84 bits per heavy atom. The smallest absolute Gasteiger partial charge is 0.242 e. The Morgan fingerprint density at radius 3 is 2.56 bits per heavy atom. The maximum atomic E-state index is 12.9. The van der Waals surface area contributed by atoms with Crippen LogP contribution >= 0.6 is 0 Å². The van der Waals surface area contributed by atoms with Crippen molar-refractivity contribution in [3.63, 3.8) is 0 Å². The minimum absolute atomic E-state index is 0.0587. The van der Waals surface area contributed by atoms with Gasteiger partial charge in [-0.2, -0.15) is 0 Å². The third-order valence-corrected chi connectivity index (χ3v) is 5.98. The van der Waals surface area contributed by atoms with E-state index in [1.807, 2.05) is 30.3 Å². The second kappa shape index (κ2) is 9.43. The molecule has 1 atom stereocenters. The van der Waals surface area contributed by atoms with Crippen molar-refractivity contribution in [2.24, 2.45) is 5.92 Å². The van der Waals surface area contributed by atoms with Crippen LogP contribution in [0.25, 0.3) is 22.4 Å². The fourth-order valence-corrected chi connectivity index (χ4v) is 4.28. The van der Waals surface area contributed by atoms with E-state index in [-0.39, 0.29) is 17.7 Å². The lowest BCUT2D eigenvalue weighted by atomic mass is 9.99. The number of aromatic nitrogens is 1. The number of phenols is 1. The third kappa shape index (κ3) is 4.62. The van der Waals surface area contributed by atoms with Gasteiger partial charge in [0.05, 0.1) is 5.69 Å². The number of aromatic hydroxyl groups is 1. The van der Waals surface area contributed by atoms with E-state index in [9.17, 15) is 9.90 Å². The molecule has 2 aromatic carbocycles. The van der Waals surface area contributed by atoms with Crippen molar-refractivity contribution in [3.05, 3.63) is 66.2 Å². The second-order valence-corrected chi connectivity index (χ2v) is 8.92. The van der Waals surface area contributed by atoms with Crippen molar-refractivity contribution < 1.29 is 9.90 Å². The number of benzene rings is 2. The summed E-state index contributed by atoms with van der Waals surface area (Å²) in [5.74, 6) is 1.43.